The van der Waals surface area contributed by atoms with E-state index in [0.717, 1.165) is 25.2 Å². The second kappa shape index (κ2) is 5.50. The number of aryl methyl sites for hydroxylation is 1. The van der Waals surface area contributed by atoms with Gasteiger partial charge in [0.2, 0.25) is 5.91 Å². The first kappa shape index (κ1) is 12.3. The van der Waals surface area contributed by atoms with Gasteiger partial charge in [-0.25, -0.2) is 4.98 Å². The molecule has 0 aromatic carbocycles. The molecule has 3 rings (SSSR count). The molecule has 19 heavy (non-hydrogen) atoms. The molecule has 0 spiro atoms. The summed E-state index contributed by atoms with van der Waals surface area (Å²) >= 11 is 1.56. The van der Waals surface area contributed by atoms with Crippen LogP contribution in [0.3, 0.4) is 0 Å². The molecule has 0 aliphatic carbocycles. The first-order chi connectivity index (χ1) is 9.31. The fourth-order valence-corrected chi connectivity index (χ4v) is 3.00. The Balaban J connectivity index is 1.55. The smallest absolute Gasteiger partial charge is 0.228 e. The second-order valence-corrected chi connectivity index (χ2v) is 5.47. The van der Waals surface area contributed by atoms with Gasteiger partial charge >= 0.3 is 0 Å². The van der Waals surface area contributed by atoms with E-state index in [1.165, 1.54) is 4.88 Å². The normalized spacial score (nSPS) is 14.1. The average molecular weight is 277 g/mol. The molecule has 1 aliphatic heterocycles. The minimum atomic E-state index is -0.0189. The van der Waals surface area contributed by atoms with Gasteiger partial charge in [-0.2, -0.15) is 5.10 Å². The van der Waals surface area contributed by atoms with Crippen molar-refractivity contribution in [2.24, 2.45) is 0 Å². The number of carbonyl (C=O) groups is 1. The number of amides is 1. The van der Waals surface area contributed by atoms with E-state index in [-0.39, 0.29) is 5.91 Å². The standard InChI is InChI=1S/C12H15N5OS/c18-11(3-7-17-6-1-4-14-17)16-12-15-9-2-5-13-8-10(9)19-12/h1,4,6,13H,2-3,5,7-8H2,(H,15,16,18). The third kappa shape index (κ3) is 2.99. The van der Waals surface area contributed by atoms with Crippen molar-refractivity contribution in [1.29, 1.82) is 0 Å². The van der Waals surface area contributed by atoms with E-state index in [1.54, 1.807) is 22.2 Å². The van der Waals surface area contributed by atoms with Gasteiger partial charge in [0.15, 0.2) is 5.13 Å². The number of nitrogens with one attached hydrogen (secondary N) is 2. The van der Waals surface area contributed by atoms with Gasteiger partial charge in [0, 0.05) is 49.7 Å². The molecule has 2 N–H and O–H groups in total. The fourth-order valence-electron chi connectivity index (χ4n) is 2.01. The van der Waals surface area contributed by atoms with Gasteiger partial charge in [-0.3, -0.25) is 9.48 Å². The van der Waals surface area contributed by atoms with Gasteiger partial charge in [0.1, 0.15) is 0 Å². The Morgan fingerprint density at radius 1 is 1.58 bits per heavy atom. The maximum absolute atomic E-state index is 11.8. The van der Waals surface area contributed by atoms with Crippen LogP contribution in [0, 0.1) is 0 Å². The molecule has 0 fully saturated rings. The summed E-state index contributed by atoms with van der Waals surface area (Å²) in [5.74, 6) is -0.0189. The van der Waals surface area contributed by atoms with Crippen molar-refractivity contribution in [1.82, 2.24) is 20.1 Å². The molecule has 3 heterocycles. The number of thiazole rings is 1. The molecule has 0 bridgehead atoms. The highest BCUT2D eigenvalue weighted by Gasteiger charge is 2.15. The van der Waals surface area contributed by atoms with Crippen LogP contribution in [-0.4, -0.2) is 27.2 Å². The highest BCUT2D eigenvalue weighted by Crippen LogP contribution is 2.25. The van der Waals surface area contributed by atoms with Crippen molar-refractivity contribution >= 4 is 22.4 Å². The Morgan fingerprint density at radius 2 is 2.53 bits per heavy atom. The Labute approximate surface area is 114 Å². The van der Waals surface area contributed by atoms with Gasteiger partial charge in [-0.05, 0) is 6.07 Å². The molecule has 0 atom stereocenters. The zero-order valence-corrected chi connectivity index (χ0v) is 11.2. The lowest BCUT2D eigenvalue weighted by atomic mass is 10.2. The zero-order valence-electron chi connectivity index (χ0n) is 10.4. The van der Waals surface area contributed by atoms with Gasteiger partial charge < -0.3 is 10.6 Å². The number of aromatic nitrogens is 3. The van der Waals surface area contributed by atoms with Gasteiger partial charge in [-0.1, -0.05) is 0 Å². The second-order valence-electron chi connectivity index (χ2n) is 4.38. The number of rotatable bonds is 4. The van der Waals surface area contributed by atoms with E-state index in [2.05, 4.69) is 20.7 Å². The Hall–Kier alpha value is -1.73. The van der Waals surface area contributed by atoms with Gasteiger partial charge in [0.25, 0.3) is 0 Å². The van der Waals surface area contributed by atoms with E-state index < -0.39 is 0 Å². The van der Waals surface area contributed by atoms with Crippen LogP contribution in [0.15, 0.2) is 18.5 Å². The van der Waals surface area contributed by atoms with Crippen molar-refractivity contribution in [3.8, 4) is 0 Å². The molecule has 0 radical (unpaired) electrons. The number of anilines is 1. The Morgan fingerprint density at radius 3 is 3.32 bits per heavy atom. The summed E-state index contributed by atoms with van der Waals surface area (Å²) in [5, 5.41) is 10.9. The minimum absolute atomic E-state index is 0.0189. The maximum atomic E-state index is 11.8. The summed E-state index contributed by atoms with van der Waals surface area (Å²) in [6.07, 6.45) is 4.90. The SMILES string of the molecule is O=C(CCn1cccn1)Nc1nc2c(s1)CNCC2. The predicted molar refractivity (Wildman–Crippen MR) is 73.0 cm³/mol. The highest BCUT2D eigenvalue weighted by molar-refractivity contribution is 7.15. The first-order valence-corrected chi connectivity index (χ1v) is 7.09. The number of hydrogen-bond acceptors (Lipinski definition) is 5. The number of fused-ring (bicyclic) bond motifs is 1. The van der Waals surface area contributed by atoms with Crippen molar-refractivity contribution in [3.63, 3.8) is 0 Å². The number of carbonyl (C=O) groups excluding carboxylic acids is 1. The molecule has 1 aliphatic rings. The van der Waals surface area contributed by atoms with Crippen molar-refractivity contribution in [2.75, 3.05) is 11.9 Å². The van der Waals surface area contributed by atoms with Crippen LogP contribution in [0.5, 0.6) is 0 Å². The molecule has 100 valence electrons. The molecule has 1 amide bonds. The van der Waals surface area contributed by atoms with Crippen LogP contribution in [0.2, 0.25) is 0 Å². The quantitative estimate of drug-likeness (QED) is 0.875. The van der Waals surface area contributed by atoms with Crippen LogP contribution in [0.25, 0.3) is 0 Å². The van der Waals surface area contributed by atoms with Crippen LogP contribution < -0.4 is 10.6 Å². The molecule has 7 heteroatoms. The fraction of sp³-hybridized carbons (Fsp3) is 0.417. The Bertz CT molecular complexity index is 539. The monoisotopic (exact) mass is 277 g/mol. The van der Waals surface area contributed by atoms with E-state index in [9.17, 15) is 4.79 Å². The molecule has 0 saturated carbocycles. The van der Waals surface area contributed by atoms with Crippen LogP contribution >= 0.6 is 11.3 Å². The largest absolute Gasteiger partial charge is 0.311 e. The Kier molecular flexibility index (Phi) is 3.56. The summed E-state index contributed by atoms with van der Waals surface area (Å²) in [5.41, 5.74) is 1.12. The lowest BCUT2D eigenvalue weighted by Crippen LogP contribution is -2.22. The lowest BCUT2D eigenvalue weighted by molar-refractivity contribution is -0.116. The summed E-state index contributed by atoms with van der Waals surface area (Å²) in [7, 11) is 0. The predicted octanol–water partition coefficient (Wildman–Crippen LogP) is 1.01. The summed E-state index contributed by atoms with van der Waals surface area (Å²) < 4.78 is 1.75. The highest BCUT2D eigenvalue weighted by atomic mass is 32.1. The lowest BCUT2D eigenvalue weighted by Gasteiger charge is -2.09. The number of hydrogen-bond donors (Lipinski definition) is 2. The minimum Gasteiger partial charge on any atom is -0.311 e. The van der Waals surface area contributed by atoms with Gasteiger partial charge in [-0.15, -0.1) is 11.3 Å². The summed E-state index contributed by atoms with van der Waals surface area (Å²) in [6, 6.07) is 1.85. The third-order valence-electron chi connectivity index (χ3n) is 2.98. The number of nitrogens with zero attached hydrogens (tertiary/aromatic N) is 3. The first-order valence-electron chi connectivity index (χ1n) is 6.28. The topological polar surface area (TPSA) is 71.8 Å². The molecule has 6 nitrogen and oxygen atoms in total. The molecule has 2 aromatic rings. The molecule has 0 unspecified atom stereocenters. The summed E-state index contributed by atoms with van der Waals surface area (Å²) in [4.78, 5) is 17.5. The van der Waals surface area contributed by atoms with E-state index in [1.807, 2.05) is 12.3 Å². The van der Waals surface area contributed by atoms with Crippen LogP contribution in [0.1, 0.15) is 17.0 Å². The van der Waals surface area contributed by atoms with Crippen LogP contribution in [-0.2, 0) is 24.3 Å². The van der Waals surface area contributed by atoms with Crippen LogP contribution in [0.4, 0.5) is 5.13 Å². The average Bonchev–Trinajstić information content (AvgIpc) is 3.04. The van der Waals surface area contributed by atoms with Gasteiger partial charge in [0.05, 0.1) is 5.69 Å². The molecular weight excluding hydrogens is 262 g/mol. The summed E-state index contributed by atoms with van der Waals surface area (Å²) in [6.45, 7) is 2.41. The van der Waals surface area contributed by atoms with E-state index in [4.69, 9.17) is 0 Å². The van der Waals surface area contributed by atoms with Crippen molar-refractivity contribution < 1.29 is 4.79 Å². The molecular formula is C12H15N5OS. The molecule has 0 saturated heterocycles. The molecule has 2 aromatic heterocycles. The van der Waals surface area contributed by atoms with E-state index in [0.29, 0.717) is 18.1 Å². The zero-order chi connectivity index (χ0) is 13.1. The maximum Gasteiger partial charge on any atom is 0.228 e. The van der Waals surface area contributed by atoms with Crippen molar-refractivity contribution in [3.05, 3.63) is 29.0 Å². The van der Waals surface area contributed by atoms with E-state index >= 15 is 0 Å². The third-order valence-corrected chi connectivity index (χ3v) is 3.99. The van der Waals surface area contributed by atoms with Crippen molar-refractivity contribution in [2.45, 2.75) is 25.9 Å².